The summed E-state index contributed by atoms with van der Waals surface area (Å²) in [5.74, 6) is 1.32. The second-order valence-corrected chi connectivity index (χ2v) is 9.31. The van der Waals surface area contributed by atoms with E-state index in [1.807, 2.05) is 59.3 Å². The van der Waals surface area contributed by atoms with Crippen molar-refractivity contribution in [2.75, 3.05) is 27.2 Å². The molecule has 1 saturated heterocycles. The maximum absolute atomic E-state index is 13.6. The molecule has 2 aliphatic rings. The molecule has 1 aromatic carbocycles. The van der Waals surface area contributed by atoms with Crippen molar-refractivity contribution >= 4 is 11.8 Å². The van der Waals surface area contributed by atoms with Crippen molar-refractivity contribution in [3.05, 3.63) is 59.9 Å². The van der Waals surface area contributed by atoms with Crippen LogP contribution in [0.4, 0.5) is 0 Å². The lowest BCUT2D eigenvalue weighted by molar-refractivity contribution is -0.143. The molecule has 1 aliphatic heterocycles. The van der Waals surface area contributed by atoms with Crippen LogP contribution in [0, 0.1) is 11.8 Å². The number of carbonyl (C=O) groups is 2. The van der Waals surface area contributed by atoms with Gasteiger partial charge in [-0.2, -0.15) is 0 Å². The summed E-state index contributed by atoms with van der Waals surface area (Å²) in [5.41, 5.74) is 1.83. The molecule has 0 radical (unpaired) electrons. The summed E-state index contributed by atoms with van der Waals surface area (Å²) >= 11 is 0. The van der Waals surface area contributed by atoms with Crippen LogP contribution < -0.4 is 4.74 Å². The van der Waals surface area contributed by atoms with Crippen molar-refractivity contribution in [2.45, 2.75) is 51.0 Å². The van der Waals surface area contributed by atoms with Gasteiger partial charge in [0.15, 0.2) is 0 Å². The Balaban J connectivity index is 1.45. The lowest BCUT2D eigenvalue weighted by Gasteiger charge is -2.37. The predicted octanol–water partition coefficient (Wildman–Crippen LogP) is 4.46. The van der Waals surface area contributed by atoms with Gasteiger partial charge >= 0.3 is 0 Å². The van der Waals surface area contributed by atoms with E-state index in [9.17, 15) is 9.59 Å². The number of amides is 2. The predicted molar refractivity (Wildman–Crippen MR) is 128 cm³/mol. The molecule has 2 heterocycles. The van der Waals surface area contributed by atoms with Crippen molar-refractivity contribution in [3.63, 3.8) is 0 Å². The van der Waals surface area contributed by atoms with Gasteiger partial charge in [0.25, 0.3) is 0 Å². The van der Waals surface area contributed by atoms with Crippen LogP contribution >= 0.6 is 0 Å². The smallest absolute Gasteiger partial charge is 0.226 e. The molecule has 1 unspecified atom stereocenters. The molecule has 2 fully saturated rings. The molecule has 2 aromatic rings. The van der Waals surface area contributed by atoms with E-state index in [0.29, 0.717) is 19.0 Å². The number of aromatic nitrogens is 1. The van der Waals surface area contributed by atoms with Crippen LogP contribution in [0.25, 0.3) is 0 Å². The molecule has 1 atom stereocenters. The van der Waals surface area contributed by atoms with E-state index in [2.05, 4.69) is 4.98 Å². The first-order chi connectivity index (χ1) is 16.1. The monoisotopic (exact) mass is 449 g/mol. The average molecular weight is 450 g/mol. The van der Waals surface area contributed by atoms with Gasteiger partial charge < -0.3 is 14.5 Å². The Labute approximate surface area is 196 Å². The van der Waals surface area contributed by atoms with E-state index in [1.54, 1.807) is 13.3 Å². The molecule has 33 heavy (non-hydrogen) atoms. The standard InChI is InChI=1S/C27H35N3O3/c1-29(25(24-10-6-7-17-28-24)20-11-13-23(33-2)14-12-20)26(31)22-15-18-30(19-16-22)27(32)21-8-4-3-5-9-21/h6-7,10-14,17,21-22,25H,3-5,8-9,15-16,18-19H2,1-2H3. The second kappa shape index (κ2) is 10.8. The molecule has 1 aliphatic carbocycles. The summed E-state index contributed by atoms with van der Waals surface area (Å²) in [6, 6.07) is 13.3. The highest BCUT2D eigenvalue weighted by Crippen LogP contribution is 2.32. The van der Waals surface area contributed by atoms with Crippen molar-refractivity contribution < 1.29 is 14.3 Å². The third-order valence-electron chi connectivity index (χ3n) is 7.24. The summed E-state index contributed by atoms with van der Waals surface area (Å²) in [6.45, 7) is 1.35. The lowest BCUT2D eigenvalue weighted by atomic mass is 9.87. The number of likely N-dealkylation sites (tertiary alicyclic amines) is 1. The topological polar surface area (TPSA) is 62.7 Å². The zero-order chi connectivity index (χ0) is 23.2. The fourth-order valence-electron chi connectivity index (χ4n) is 5.29. The largest absolute Gasteiger partial charge is 0.497 e. The number of pyridine rings is 1. The van der Waals surface area contributed by atoms with Gasteiger partial charge in [-0.05, 0) is 55.5 Å². The first kappa shape index (κ1) is 23.3. The number of ether oxygens (including phenoxy) is 1. The SMILES string of the molecule is COc1ccc(C(c2ccccn2)N(C)C(=O)C2CCN(C(=O)C3CCCCC3)CC2)cc1. The lowest BCUT2D eigenvalue weighted by Crippen LogP contribution is -2.46. The summed E-state index contributed by atoms with van der Waals surface area (Å²) in [4.78, 5) is 34.8. The van der Waals surface area contributed by atoms with Gasteiger partial charge in [0.1, 0.15) is 5.75 Å². The van der Waals surface area contributed by atoms with Crippen LogP contribution in [0.2, 0.25) is 0 Å². The van der Waals surface area contributed by atoms with E-state index in [1.165, 1.54) is 6.42 Å². The summed E-state index contributed by atoms with van der Waals surface area (Å²) in [6.07, 6.45) is 8.82. The summed E-state index contributed by atoms with van der Waals surface area (Å²) < 4.78 is 5.30. The van der Waals surface area contributed by atoms with Gasteiger partial charge in [-0.3, -0.25) is 14.6 Å². The Hall–Kier alpha value is -2.89. The zero-order valence-electron chi connectivity index (χ0n) is 19.8. The minimum Gasteiger partial charge on any atom is -0.497 e. The van der Waals surface area contributed by atoms with Crippen LogP contribution in [0.3, 0.4) is 0 Å². The van der Waals surface area contributed by atoms with Gasteiger partial charge in [0.05, 0.1) is 18.8 Å². The van der Waals surface area contributed by atoms with E-state index < -0.39 is 0 Å². The second-order valence-electron chi connectivity index (χ2n) is 9.31. The van der Waals surface area contributed by atoms with E-state index in [-0.39, 0.29) is 23.8 Å². The minimum atomic E-state index is -0.272. The Morgan fingerprint density at radius 2 is 1.67 bits per heavy atom. The number of hydrogen-bond donors (Lipinski definition) is 0. The van der Waals surface area contributed by atoms with Crippen molar-refractivity contribution in [1.82, 2.24) is 14.8 Å². The van der Waals surface area contributed by atoms with Gasteiger partial charge in [-0.15, -0.1) is 0 Å². The fourth-order valence-corrected chi connectivity index (χ4v) is 5.29. The first-order valence-electron chi connectivity index (χ1n) is 12.2. The number of hydrogen-bond acceptors (Lipinski definition) is 4. The molecule has 0 N–H and O–H groups in total. The number of nitrogens with zero attached hydrogens (tertiary/aromatic N) is 3. The maximum Gasteiger partial charge on any atom is 0.226 e. The van der Waals surface area contributed by atoms with E-state index >= 15 is 0 Å². The number of rotatable bonds is 6. The van der Waals surface area contributed by atoms with Crippen LogP contribution in [0.1, 0.15) is 62.2 Å². The molecule has 1 aromatic heterocycles. The van der Waals surface area contributed by atoms with Gasteiger partial charge in [0.2, 0.25) is 11.8 Å². The number of methoxy groups -OCH3 is 1. The molecule has 1 saturated carbocycles. The highest BCUT2D eigenvalue weighted by molar-refractivity contribution is 5.81. The highest BCUT2D eigenvalue weighted by atomic mass is 16.5. The van der Waals surface area contributed by atoms with Gasteiger partial charge in [-0.25, -0.2) is 0 Å². The average Bonchev–Trinajstić information content (AvgIpc) is 2.89. The quantitative estimate of drug-likeness (QED) is 0.653. The van der Waals surface area contributed by atoms with Crippen molar-refractivity contribution in [3.8, 4) is 5.75 Å². The molecule has 4 rings (SSSR count). The van der Waals surface area contributed by atoms with Gasteiger partial charge in [-0.1, -0.05) is 37.5 Å². The van der Waals surface area contributed by atoms with E-state index in [4.69, 9.17) is 4.74 Å². The number of benzene rings is 1. The maximum atomic E-state index is 13.6. The number of piperidine rings is 1. The van der Waals surface area contributed by atoms with E-state index in [0.717, 1.165) is 55.5 Å². The van der Waals surface area contributed by atoms with Crippen LogP contribution in [-0.4, -0.2) is 53.8 Å². The highest BCUT2D eigenvalue weighted by Gasteiger charge is 2.34. The van der Waals surface area contributed by atoms with Crippen LogP contribution in [-0.2, 0) is 9.59 Å². The van der Waals surface area contributed by atoms with Crippen LogP contribution in [0.5, 0.6) is 5.75 Å². The molecule has 6 heteroatoms. The molecule has 0 spiro atoms. The van der Waals surface area contributed by atoms with Crippen molar-refractivity contribution in [1.29, 1.82) is 0 Å². The fraction of sp³-hybridized carbons (Fsp3) is 0.519. The molecule has 176 valence electrons. The van der Waals surface area contributed by atoms with Crippen molar-refractivity contribution in [2.24, 2.45) is 11.8 Å². The normalized spacial score (nSPS) is 18.5. The Morgan fingerprint density at radius 3 is 2.27 bits per heavy atom. The Morgan fingerprint density at radius 1 is 0.970 bits per heavy atom. The number of carbonyl (C=O) groups excluding carboxylic acids is 2. The Bertz CT molecular complexity index is 917. The molecule has 0 bridgehead atoms. The molecule has 2 amide bonds. The van der Waals surface area contributed by atoms with Gasteiger partial charge in [0, 0.05) is 38.2 Å². The molecule has 6 nitrogen and oxygen atoms in total. The Kier molecular flexibility index (Phi) is 7.63. The summed E-state index contributed by atoms with van der Waals surface area (Å²) in [5, 5.41) is 0. The molecular weight excluding hydrogens is 414 g/mol. The summed E-state index contributed by atoms with van der Waals surface area (Å²) in [7, 11) is 3.51. The third kappa shape index (κ3) is 5.37. The zero-order valence-corrected chi connectivity index (χ0v) is 19.8. The minimum absolute atomic E-state index is 0.0742. The molecular formula is C27H35N3O3. The van der Waals surface area contributed by atoms with Crippen LogP contribution in [0.15, 0.2) is 48.7 Å². The third-order valence-corrected chi connectivity index (χ3v) is 7.24. The first-order valence-corrected chi connectivity index (χ1v) is 12.2.